The van der Waals surface area contributed by atoms with Crippen molar-refractivity contribution in [2.75, 3.05) is 6.54 Å². The average molecular weight is 298 g/mol. The Bertz CT molecular complexity index is 605. The summed E-state index contributed by atoms with van der Waals surface area (Å²) in [6, 6.07) is 4.13. The summed E-state index contributed by atoms with van der Waals surface area (Å²) in [4.78, 5) is 0. The number of unbranched alkanes of at least 4 members (excludes halogenated alkanes) is 1. The zero-order chi connectivity index (χ0) is 15.5. The number of alkyl halides is 3. The van der Waals surface area contributed by atoms with Gasteiger partial charge in [-0.2, -0.15) is 13.2 Å². The van der Waals surface area contributed by atoms with Crippen molar-refractivity contribution in [3.8, 4) is 5.69 Å². The maximum Gasteiger partial charge on any atom is 0.416 e. The quantitative estimate of drug-likeness (QED) is 0.864. The fourth-order valence-corrected chi connectivity index (χ4v) is 2.05. The summed E-state index contributed by atoms with van der Waals surface area (Å²) in [6.45, 7) is 2.05. The summed E-state index contributed by atoms with van der Waals surface area (Å²) in [5.74, 6) is 0. The molecule has 1 heterocycles. The molecule has 0 saturated heterocycles. The largest absolute Gasteiger partial charge is 0.416 e. The third kappa shape index (κ3) is 3.81. The number of benzene rings is 1. The minimum atomic E-state index is -4.37. The Balaban J connectivity index is 2.22. The van der Waals surface area contributed by atoms with Gasteiger partial charge in [0.25, 0.3) is 0 Å². The van der Waals surface area contributed by atoms with Gasteiger partial charge in [-0.3, -0.25) is 0 Å². The second-order valence-electron chi connectivity index (χ2n) is 4.90. The highest BCUT2D eigenvalue weighted by Gasteiger charge is 2.32. The van der Waals surface area contributed by atoms with Crippen LogP contribution in [0, 0.1) is 6.92 Å². The van der Waals surface area contributed by atoms with Crippen LogP contribution in [-0.2, 0) is 12.6 Å². The lowest BCUT2D eigenvalue weighted by atomic mass is 10.1. The molecular weight excluding hydrogens is 281 g/mol. The summed E-state index contributed by atoms with van der Waals surface area (Å²) in [5, 5.41) is 7.86. The van der Waals surface area contributed by atoms with Gasteiger partial charge in [-0.15, -0.1) is 5.10 Å². The average Bonchev–Trinajstić information content (AvgIpc) is 2.87. The SMILES string of the molecule is Cc1ccc(-n2cc(CCCCN)nn2)cc1C(F)(F)F. The smallest absolute Gasteiger partial charge is 0.330 e. The molecule has 0 fully saturated rings. The van der Waals surface area contributed by atoms with Crippen LogP contribution in [0.25, 0.3) is 5.69 Å². The number of halogens is 3. The van der Waals surface area contributed by atoms with Crippen LogP contribution in [0.3, 0.4) is 0 Å². The lowest BCUT2D eigenvalue weighted by Crippen LogP contribution is -2.09. The van der Waals surface area contributed by atoms with Gasteiger partial charge in [0.2, 0.25) is 0 Å². The number of aryl methyl sites for hydroxylation is 2. The molecule has 1 aromatic heterocycles. The van der Waals surface area contributed by atoms with Crippen LogP contribution in [-0.4, -0.2) is 21.5 Å². The van der Waals surface area contributed by atoms with Crippen molar-refractivity contribution in [1.29, 1.82) is 0 Å². The van der Waals surface area contributed by atoms with E-state index >= 15 is 0 Å². The molecule has 2 rings (SSSR count). The Morgan fingerprint density at radius 1 is 1.24 bits per heavy atom. The van der Waals surface area contributed by atoms with Crippen molar-refractivity contribution in [2.45, 2.75) is 32.4 Å². The maximum absolute atomic E-state index is 12.9. The Hall–Kier alpha value is -1.89. The zero-order valence-electron chi connectivity index (χ0n) is 11.7. The van der Waals surface area contributed by atoms with Crippen molar-refractivity contribution in [3.63, 3.8) is 0 Å². The van der Waals surface area contributed by atoms with Gasteiger partial charge in [-0.1, -0.05) is 11.3 Å². The highest BCUT2D eigenvalue weighted by atomic mass is 19.4. The number of hydrogen-bond acceptors (Lipinski definition) is 3. The van der Waals surface area contributed by atoms with Crippen molar-refractivity contribution in [3.05, 3.63) is 41.2 Å². The first-order valence-corrected chi connectivity index (χ1v) is 6.71. The van der Waals surface area contributed by atoms with Gasteiger partial charge in [0.1, 0.15) is 0 Å². The Morgan fingerprint density at radius 2 is 2.00 bits per heavy atom. The molecule has 2 N–H and O–H groups in total. The van der Waals surface area contributed by atoms with Crippen LogP contribution in [0.4, 0.5) is 13.2 Å². The molecule has 0 amide bonds. The van der Waals surface area contributed by atoms with E-state index in [1.165, 1.54) is 17.7 Å². The molecule has 0 spiro atoms. The molecule has 0 aliphatic rings. The number of nitrogens with zero attached hydrogens (tertiary/aromatic N) is 3. The van der Waals surface area contributed by atoms with E-state index in [0.717, 1.165) is 31.0 Å². The normalized spacial score (nSPS) is 11.9. The van der Waals surface area contributed by atoms with Crippen LogP contribution in [0.1, 0.15) is 29.7 Å². The maximum atomic E-state index is 12.9. The second-order valence-corrected chi connectivity index (χ2v) is 4.90. The number of aromatic nitrogens is 3. The molecule has 0 saturated carbocycles. The first-order chi connectivity index (χ1) is 9.91. The van der Waals surface area contributed by atoms with Gasteiger partial charge < -0.3 is 5.73 Å². The summed E-state index contributed by atoms with van der Waals surface area (Å²) < 4.78 is 40.1. The third-order valence-corrected chi connectivity index (χ3v) is 3.22. The Labute approximate surface area is 120 Å². The van der Waals surface area contributed by atoms with E-state index in [4.69, 9.17) is 5.73 Å². The van der Waals surface area contributed by atoms with Crippen molar-refractivity contribution in [2.24, 2.45) is 5.73 Å². The van der Waals surface area contributed by atoms with E-state index in [-0.39, 0.29) is 5.56 Å². The minimum Gasteiger partial charge on any atom is -0.330 e. The molecule has 0 bridgehead atoms. The molecule has 0 atom stereocenters. The number of rotatable bonds is 5. The van der Waals surface area contributed by atoms with E-state index in [1.54, 1.807) is 12.3 Å². The van der Waals surface area contributed by atoms with Gasteiger partial charge in [0.05, 0.1) is 23.1 Å². The van der Waals surface area contributed by atoms with Gasteiger partial charge in [-0.05, 0) is 50.4 Å². The lowest BCUT2D eigenvalue weighted by molar-refractivity contribution is -0.138. The molecule has 0 radical (unpaired) electrons. The molecule has 114 valence electrons. The summed E-state index contributed by atoms with van der Waals surface area (Å²) in [6.07, 6.45) is -0.229. The summed E-state index contributed by atoms with van der Waals surface area (Å²) in [5.41, 5.74) is 6.05. The van der Waals surface area contributed by atoms with Gasteiger partial charge in [0.15, 0.2) is 0 Å². The third-order valence-electron chi connectivity index (χ3n) is 3.22. The molecule has 0 unspecified atom stereocenters. The molecule has 21 heavy (non-hydrogen) atoms. The fraction of sp³-hybridized carbons (Fsp3) is 0.429. The summed E-state index contributed by atoms with van der Waals surface area (Å²) in [7, 11) is 0. The van der Waals surface area contributed by atoms with E-state index in [9.17, 15) is 13.2 Å². The number of nitrogens with two attached hydrogens (primary N) is 1. The molecule has 0 aliphatic carbocycles. The molecule has 1 aromatic carbocycles. The lowest BCUT2D eigenvalue weighted by Gasteiger charge is -2.11. The molecular formula is C14H17F3N4. The van der Waals surface area contributed by atoms with Crippen molar-refractivity contribution in [1.82, 2.24) is 15.0 Å². The first-order valence-electron chi connectivity index (χ1n) is 6.71. The highest BCUT2D eigenvalue weighted by Crippen LogP contribution is 2.32. The molecule has 7 heteroatoms. The number of hydrogen-bond donors (Lipinski definition) is 1. The monoisotopic (exact) mass is 298 g/mol. The Kier molecular flexibility index (Phi) is 4.62. The van der Waals surface area contributed by atoms with Gasteiger partial charge in [0, 0.05) is 0 Å². The van der Waals surface area contributed by atoms with Crippen molar-refractivity contribution >= 4 is 0 Å². The Morgan fingerprint density at radius 3 is 2.67 bits per heavy atom. The van der Waals surface area contributed by atoms with Gasteiger partial charge >= 0.3 is 6.18 Å². The molecule has 0 aliphatic heterocycles. The van der Waals surface area contributed by atoms with E-state index in [2.05, 4.69) is 10.3 Å². The molecule has 2 aromatic rings. The van der Waals surface area contributed by atoms with Crippen LogP contribution >= 0.6 is 0 Å². The van der Waals surface area contributed by atoms with E-state index in [1.807, 2.05) is 0 Å². The molecule has 4 nitrogen and oxygen atoms in total. The predicted octanol–water partition coefficient (Wildman–Crippen LogP) is 2.88. The standard InChI is InChI=1S/C14H17F3N4/c1-10-5-6-12(8-13(10)14(15,16)17)21-9-11(19-20-21)4-2-3-7-18/h5-6,8-9H,2-4,7,18H2,1H3. The summed E-state index contributed by atoms with van der Waals surface area (Å²) >= 11 is 0. The highest BCUT2D eigenvalue weighted by molar-refractivity contribution is 5.41. The van der Waals surface area contributed by atoms with Crippen LogP contribution < -0.4 is 5.73 Å². The zero-order valence-corrected chi connectivity index (χ0v) is 11.7. The minimum absolute atomic E-state index is 0.189. The van der Waals surface area contributed by atoms with Crippen LogP contribution in [0.15, 0.2) is 24.4 Å². The second kappa shape index (κ2) is 6.26. The van der Waals surface area contributed by atoms with Crippen LogP contribution in [0.5, 0.6) is 0 Å². The van der Waals surface area contributed by atoms with Crippen molar-refractivity contribution < 1.29 is 13.2 Å². The predicted molar refractivity (Wildman–Crippen MR) is 73.1 cm³/mol. The fourth-order valence-electron chi connectivity index (χ4n) is 2.05. The topological polar surface area (TPSA) is 56.7 Å². The van der Waals surface area contributed by atoms with E-state index < -0.39 is 11.7 Å². The van der Waals surface area contributed by atoms with Crippen LogP contribution in [0.2, 0.25) is 0 Å². The van der Waals surface area contributed by atoms with E-state index in [0.29, 0.717) is 12.2 Å². The van der Waals surface area contributed by atoms with Gasteiger partial charge in [-0.25, -0.2) is 4.68 Å². The first kappa shape index (κ1) is 15.5.